The van der Waals surface area contributed by atoms with Crippen LogP contribution in [0.25, 0.3) is 0 Å². The minimum atomic E-state index is -2.13. The number of carbonyl (C=O) groups excluding carboxylic acids is 1. The van der Waals surface area contributed by atoms with Crippen molar-refractivity contribution in [2.75, 3.05) is 0 Å². The fourth-order valence-corrected chi connectivity index (χ4v) is 7.38. The van der Waals surface area contributed by atoms with Gasteiger partial charge in [-0.1, -0.05) is 67.8 Å². The van der Waals surface area contributed by atoms with E-state index in [4.69, 9.17) is 4.18 Å². The Hall–Kier alpha value is -2.52. The van der Waals surface area contributed by atoms with E-state index in [9.17, 15) is 4.79 Å². The van der Waals surface area contributed by atoms with Gasteiger partial charge in [-0.05, 0) is 71.0 Å². The Morgan fingerprint density at radius 1 is 0.724 bits per heavy atom. The van der Waals surface area contributed by atoms with Gasteiger partial charge >= 0.3 is 5.97 Å². The van der Waals surface area contributed by atoms with E-state index < -0.39 is 10.3 Å². The lowest BCUT2D eigenvalue weighted by atomic mass is 9.84. The molecule has 1 fully saturated rings. The zero-order valence-electron chi connectivity index (χ0n) is 16.9. The maximum atomic E-state index is 12.3. The molecule has 150 valence electrons. The monoisotopic (exact) mass is 404 g/mol. The second-order valence-electron chi connectivity index (χ2n) is 7.66. The molecule has 1 aliphatic rings. The summed E-state index contributed by atoms with van der Waals surface area (Å²) in [6.45, 7) is 1.50. The van der Waals surface area contributed by atoms with Gasteiger partial charge in [-0.25, -0.2) is 0 Å². The van der Waals surface area contributed by atoms with Crippen LogP contribution in [0.4, 0.5) is 0 Å². The lowest BCUT2D eigenvalue weighted by molar-refractivity contribution is -0.131. The van der Waals surface area contributed by atoms with Crippen molar-refractivity contribution in [2.45, 2.75) is 59.6 Å². The molecule has 0 spiro atoms. The van der Waals surface area contributed by atoms with Gasteiger partial charge in [0.05, 0.1) is 0 Å². The number of benzene rings is 3. The van der Waals surface area contributed by atoms with E-state index in [1.165, 1.54) is 44.6 Å². The number of hydrogen-bond acceptors (Lipinski definition) is 2. The molecule has 0 amide bonds. The standard InChI is InChI=1S/C26H28O2S/c1-21(27)28-29(24-13-7-3-8-14-24,25-15-9-4-10-16-25)26-19-17-23(18-20-26)22-11-5-2-6-12-22/h3-4,7-10,13-20,22H,2,5-6,11-12H2,1H3. The largest absolute Gasteiger partial charge is 0.402 e. The van der Waals surface area contributed by atoms with Gasteiger partial charge in [0, 0.05) is 21.6 Å². The molecule has 0 bridgehead atoms. The van der Waals surface area contributed by atoms with E-state index in [2.05, 4.69) is 48.5 Å². The predicted molar refractivity (Wildman–Crippen MR) is 119 cm³/mol. The third kappa shape index (κ3) is 4.11. The zero-order valence-corrected chi connectivity index (χ0v) is 17.7. The van der Waals surface area contributed by atoms with Crippen LogP contribution in [0.15, 0.2) is 99.6 Å². The van der Waals surface area contributed by atoms with Gasteiger partial charge in [-0.2, -0.15) is 0 Å². The van der Waals surface area contributed by atoms with Crippen molar-refractivity contribution in [3.63, 3.8) is 0 Å². The Bertz CT molecular complexity index is 890. The summed E-state index contributed by atoms with van der Waals surface area (Å²) in [5.41, 5.74) is 1.41. The van der Waals surface area contributed by atoms with Gasteiger partial charge in [-0.15, -0.1) is 0 Å². The first-order valence-electron chi connectivity index (χ1n) is 10.4. The van der Waals surface area contributed by atoms with Crippen LogP contribution in [0.2, 0.25) is 0 Å². The maximum Gasteiger partial charge on any atom is 0.313 e. The Balaban J connectivity index is 1.84. The Labute approximate surface area is 175 Å². The first-order valence-corrected chi connectivity index (χ1v) is 12.0. The fraction of sp³-hybridized carbons (Fsp3) is 0.269. The van der Waals surface area contributed by atoms with Crippen LogP contribution >= 0.6 is 10.3 Å². The van der Waals surface area contributed by atoms with Crippen molar-refractivity contribution in [1.82, 2.24) is 0 Å². The molecule has 0 aliphatic heterocycles. The molecule has 1 saturated carbocycles. The fourth-order valence-electron chi connectivity index (χ4n) is 4.32. The van der Waals surface area contributed by atoms with Crippen molar-refractivity contribution < 1.29 is 8.98 Å². The van der Waals surface area contributed by atoms with Gasteiger partial charge in [0.15, 0.2) is 0 Å². The van der Waals surface area contributed by atoms with Crippen LogP contribution in [0.5, 0.6) is 0 Å². The van der Waals surface area contributed by atoms with Gasteiger partial charge < -0.3 is 4.18 Å². The average molecular weight is 405 g/mol. The van der Waals surface area contributed by atoms with Crippen molar-refractivity contribution in [2.24, 2.45) is 0 Å². The molecule has 3 aromatic carbocycles. The molecule has 1 aliphatic carbocycles. The summed E-state index contributed by atoms with van der Waals surface area (Å²) in [7, 11) is -2.13. The van der Waals surface area contributed by atoms with Crippen LogP contribution in [-0.2, 0) is 8.98 Å². The summed E-state index contributed by atoms with van der Waals surface area (Å²) < 4.78 is 6.23. The van der Waals surface area contributed by atoms with Crippen LogP contribution in [0.3, 0.4) is 0 Å². The molecular weight excluding hydrogens is 376 g/mol. The summed E-state index contributed by atoms with van der Waals surface area (Å²) >= 11 is 0. The molecule has 0 unspecified atom stereocenters. The van der Waals surface area contributed by atoms with Crippen molar-refractivity contribution in [1.29, 1.82) is 0 Å². The molecule has 4 rings (SSSR count). The van der Waals surface area contributed by atoms with Crippen LogP contribution in [-0.4, -0.2) is 5.97 Å². The minimum Gasteiger partial charge on any atom is -0.402 e. The normalized spacial score (nSPS) is 15.6. The zero-order chi connectivity index (χ0) is 20.1. The summed E-state index contributed by atoms with van der Waals surface area (Å²) in [6, 6.07) is 29.2. The van der Waals surface area contributed by atoms with Gasteiger partial charge in [0.25, 0.3) is 0 Å². The number of carbonyl (C=O) groups is 1. The average Bonchev–Trinajstić information content (AvgIpc) is 2.79. The molecule has 2 nitrogen and oxygen atoms in total. The second kappa shape index (κ2) is 8.87. The molecule has 0 N–H and O–H groups in total. The molecule has 3 heteroatoms. The number of rotatable bonds is 5. The first-order chi connectivity index (χ1) is 14.2. The Morgan fingerprint density at radius 2 is 1.21 bits per heavy atom. The summed E-state index contributed by atoms with van der Waals surface area (Å²) in [4.78, 5) is 15.4. The predicted octanol–water partition coefficient (Wildman–Crippen LogP) is 7.49. The van der Waals surface area contributed by atoms with E-state index in [1.807, 2.05) is 36.4 Å². The highest BCUT2D eigenvalue weighted by atomic mass is 32.3. The van der Waals surface area contributed by atoms with Crippen molar-refractivity contribution >= 4 is 16.3 Å². The highest BCUT2D eigenvalue weighted by Crippen LogP contribution is 2.69. The van der Waals surface area contributed by atoms with E-state index >= 15 is 0 Å². The van der Waals surface area contributed by atoms with Gasteiger partial charge in [0.1, 0.15) is 0 Å². The minimum absolute atomic E-state index is 0.260. The third-order valence-electron chi connectivity index (χ3n) is 5.68. The molecule has 0 radical (unpaired) electrons. The second-order valence-corrected chi connectivity index (χ2v) is 10.4. The van der Waals surface area contributed by atoms with Crippen molar-refractivity contribution in [3.05, 3.63) is 90.5 Å². The Morgan fingerprint density at radius 3 is 1.69 bits per heavy atom. The summed E-state index contributed by atoms with van der Waals surface area (Å²) in [5, 5.41) is 0. The number of hydrogen-bond donors (Lipinski definition) is 0. The highest BCUT2D eigenvalue weighted by Gasteiger charge is 2.34. The molecule has 29 heavy (non-hydrogen) atoms. The van der Waals surface area contributed by atoms with Crippen LogP contribution in [0, 0.1) is 0 Å². The topological polar surface area (TPSA) is 26.3 Å². The van der Waals surface area contributed by atoms with Crippen molar-refractivity contribution in [3.8, 4) is 0 Å². The van der Waals surface area contributed by atoms with Crippen LogP contribution < -0.4 is 0 Å². The first kappa shape index (κ1) is 19.8. The molecule has 0 aromatic heterocycles. The van der Waals surface area contributed by atoms with E-state index in [0.717, 1.165) is 14.7 Å². The summed E-state index contributed by atoms with van der Waals surface area (Å²) in [6.07, 6.45) is 6.56. The SMILES string of the molecule is CC(=O)OS(c1ccccc1)(c1ccccc1)c1ccc(C2CCCCC2)cc1. The van der Waals surface area contributed by atoms with E-state index in [1.54, 1.807) is 0 Å². The maximum absolute atomic E-state index is 12.3. The molecule has 0 saturated heterocycles. The summed E-state index contributed by atoms with van der Waals surface area (Å²) in [5.74, 6) is 0.397. The molecule has 3 aromatic rings. The van der Waals surface area contributed by atoms with E-state index in [-0.39, 0.29) is 5.97 Å². The van der Waals surface area contributed by atoms with Crippen LogP contribution in [0.1, 0.15) is 50.5 Å². The van der Waals surface area contributed by atoms with Gasteiger partial charge in [-0.3, -0.25) is 4.79 Å². The quantitative estimate of drug-likeness (QED) is 0.440. The third-order valence-corrected chi connectivity index (χ3v) is 8.97. The van der Waals surface area contributed by atoms with Gasteiger partial charge in [0.2, 0.25) is 0 Å². The Kier molecular flexibility index (Phi) is 6.05. The highest BCUT2D eigenvalue weighted by molar-refractivity contribution is 8.30. The molecular formula is C26H28O2S. The van der Waals surface area contributed by atoms with E-state index in [0.29, 0.717) is 5.92 Å². The molecule has 0 heterocycles. The lowest BCUT2D eigenvalue weighted by Gasteiger charge is -2.39. The molecule has 0 atom stereocenters. The lowest BCUT2D eigenvalue weighted by Crippen LogP contribution is -2.12. The smallest absolute Gasteiger partial charge is 0.313 e.